The number of rotatable bonds is 3. The lowest BCUT2D eigenvalue weighted by Crippen LogP contribution is -2.19. The van der Waals surface area contributed by atoms with Crippen molar-refractivity contribution < 1.29 is 27.1 Å². The molecule has 3 nitrogen and oxygen atoms in total. The number of ether oxygens (including phenoxy) is 1. The summed E-state index contributed by atoms with van der Waals surface area (Å²) < 4.78 is 52.1. The van der Waals surface area contributed by atoms with E-state index in [1.165, 1.54) is 0 Å². The molecule has 0 radical (unpaired) electrons. The van der Waals surface area contributed by atoms with E-state index in [9.17, 15) is 22.4 Å². The first-order chi connectivity index (χ1) is 7.37. The van der Waals surface area contributed by atoms with Crippen LogP contribution in [0.15, 0.2) is 6.07 Å². The second-order valence-corrected chi connectivity index (χ2v) is 3.71. The van der Waals surface area contributed by atoms with Gasteiger partial charge in [0.2, 0.25) is 0 Å². The molecule has 0 N–H and O–H groups in total. The molecule has 0 fully saturated rings. The minimum Gasteiger partial charge on any atom is -0.405 e. The van der Waals surface area contributed by atoms with Crippen molar-refractivity contribution in [3.05, 3.63) is 21.0 Å². The van der Waals surface area contributed by atoms with E-state index >= 15 is 0 Å². The van der Waals surface area contributed by atoms with Crippen LogP contribution in [-0.4, -0.2) is 17.6 Å². The average Bonchev–Trinajstić information content (AvgIpc) is 2.14. The molecule has 0 unspecified atom stereocenters. The molecule has 0 amide bonds. The summed E-state index contributed by atoms with van der Waals surface area (Å²) in [6, 6.07) is 0.913. The number of aromatic nitrogens is 1. The van der Waals surface area contributed by atoms with Gasteiger partial charge in [-0.3, -0.25) is 4.79 Å². The number of nitrogens with zero attached hydrogens (tertiary/aromatic N) is 1. The number of carbonyl (C=O) groups is 1. The number of hydrogen-bond donors (Lipinski definition) is 0. The zero-order valence-electron chi connectivity index (χ0n) is 7.52. The maximum atomic E-state index is 12.5. The van der Waals surface area contributed by atoms with Gasteiger partial charge >= 0.3 is 6.36 Å². The molecule has 0 aliphatic carbocycles. The van der Waals surface area contributed by atoms with E-state index < -0.39 is 30.0 Å². The Hall–Kier alpha value is -0.930. The third-order valence-corrected chi connectivity index (χ3v) is 2.11. The van der Waals surface area contributed by atoms with Gasteiger partial charge in [0.15, 0.2) is 6.29 Å². The highest BCUT2D eigenvalue weighted by Crippen LogP contribution is 2.29. The molecule has 1 rings (SSSR count). The van der Waals surface area contributed by atoms with E-state index in [0.717, 1.165) is 6.07 Å². The zero-order chi connectivity index (χ0) is 12.3. The van der Waals surface area contributed by atoms with Gasteiger partial charge in [-0.15, -0.1) is 13.2 Å². The van der Waals surface area contributed by atoms with Crippen molar-refractivity contribution in [3.8, 4) is 5.75 Å². The maximum Gasteiger partial charge on any atom is 0.573 e. The Labute approximate surface area is 101 Å². The van der Waals surface area contributed by atoms with E-state index in [1.807, 2.05) is 0 Å². The summed E-state index contributed by atoms with van der Waals surface area (Å²) >= 11 is 1.60. The third-order valence-electron chi connectivity index (χ3n) is 1.56. The molecule has 1 heterocycles. The van der Waals surface area contributed by atoms with Crippen LogP contribution in [0.25, 0.3) is 0 Å². The lowest BCUT2D eigenvalue weighted by Gasteiger charge is -2.12. The highest BCUT2D eigenvalue weighted by atomic mass is 127. The summed E-state index contributed by atoms with van der Waals surface area (Å²) in [5.74, 6) is -0.739. The van der Waals surface area contributed by atoms with Gasteiger partial charge in [-0.1, -0.05) is 0 Å². The monoisotopic (exact) mass is 349 g/mol. The first kappa shape index (κ1) is 13.1. The van der Waals surface area contributed by atoms with Crippen LogP contribution < -0.4 is 4.74 Å². The summed E-state index contributed by atoms with van der Waals surface area (Å²) in [7, 11) is 0. The van der Waals surface area contributed by atoms with Gasteiger partial charge in [0.1, 0.15) is 21.8 Å². The fraction of sp³-hybridized carbons (Fsp3) is 0.250. The first-order valence-electron chi connectivity index (χ1n) is 3.83. The minimum absolute atomic E-state index is 0.108. The van der Waals surface area contributed by atoms with Gasteiger partial charge in [0, 0.05) is 6.07 Å². The molecule has 0 saturated carbocycles. The maximum absolute atomic E-state index is 12.5. The fourth-order valence-corrected chi connectivity index (χ4v) is 1.53. The Morgan fingerprint density at radius 3 is 2.56 bits per heavy atom. The lowest BCUT2D eigenvalue weighted by atomic mass is 10.2. The molecular formula is C8H4F4INO2. The average molecular weight is 349 g/mol. The summed E-state index contributed by atoms with van der Waals surface area (Å²) in [5, 5.41) is 0. The number of carbonyl (C=O) groups excluding carboxylic acids is 1. The van der Waals surface area contributed by atoms with Gasteiger partial charge < -0.3 is 4.74 Å². The Morgan fingerprint density at radius 1 is 1.50 bits per heavy atom. The van der Waals surface area contributed by atoms with Crippen molar-refractivity contribution in [2.24, 2.45) is 0 Å². The number of alkyl halides is 4. The van der Waals surface area contributed by atoms with E-state index in [2.05, 4.69) is 9.72 Å². The van der Waals surface area contributed by atoms with E-state index in [4.69, 9.17) is 0 Å². The van der Waals surface area contributed by atoms with Crippen molar-refractivity contribution in [1.29, 1.82) is 0 Å². The predicted molar refractivity (Wildman–Crippen MR) is 53.8 cm³/mol. The van der Waals surface area contributed by atoms with Crippen LogP contribution in [-0.2, 0) is 6.67 Å². The highest BCUT2D eigenvalue weighted by Gasteiger charge is 2.33. The standard InChI is InChI=1S/C8H4F4INO2/c9-2-4-5(3-15)14-7(13)1-6(4)16-8(10,11)12/h1,3H,2H2. The quantitative estimate of drug-likeness (QED) is 0.365. The van der Waals surface area contributed by atoms with Crippen LogP contribution in [0.2, 0.25) is 0 Å². The van der Waals surface area contributed by atoms with E-state index in [-0.39, 0.29) is 9.99 Å². The topological polar surface area (TPSA) is 39.2 Å². The molecule has 0 aliphatic rings. The summed E-state index contributed by atoms with van der Waals surface area (Å²) in [4.78, 5) is 14.1. The predicted octanol–water partition coefficient (Wildman–Crippen LogP) is 2.87. The number of hydrogen-bond acceptors (Lipinski definition) is 3. The molecule has 0 aromatic carbocycles. The van der Waals surface area contributed by atoms with E-state index in [1.54, 1.807) is 22.6 Å². The molecule has 0 saturated heterocycles. The molecule has 8 heteroatoms. The first-order valence-corrected chi connectivity index (χ1v) is 4.91. The zero-order valence-corrected chi connectivity index (χ0v) is 9.67. The van der Waals surface area contributed by atoms with Crippen LogP contribution in [0.3, 0.4) is 0 Å². The van der Waals surface area contributed by atoms with Gasteiger partial charge in [0.25, 0.3) is 0 Å². The summed E-state index contributed by atoms with van der Waals surface area (Å²) in [5.41, 5.74) is -0.901. The summed E-state index contributed by atoms with van der Waals surface area (Å²) in [6.07, 6.45) is -4.76. The largest absolute Gasteiger partial charge is 0.573 e. The highest BCUT2D eigenvalue weighted by molar-refractivity contribution is 14.1. The Bertz CT molecular complexity index is 408. The van der Waals surface area contributed by atoms with Crippen molar-refractivity contribution in [1.82, 2.24) is 4.98 Å². The molecule has 0 spiro atoms. The van der Waals surface area contributed by atoms with E-state index in [0.29, 0.717) is 0 Å². The number of aldehydes is 1. The second-order valence-electron chi connectivity index (χ2n) is 2.61. The van der Waals surface area contributed by atoms with Crippen molar-refractivity contribution in [2.45, 2.75) is 13.0 Å². The van der Waals surface area contributed by atoms with Crippen molar-refractivity contribution in [2.75, 3.05) is 0 Å². The Morgan fingerprint density at radius 2 is 2.12 bits per heavy atom. The molecule has 1 aromatic heterocycles. The molecule has 0 bridgehead atoms. The Kier molecular flexibility index (Phi) is 4.05. The van der Waals surface area contributed by atoms with Crippen molar-refractivity contribution in [3.63, 3.8) is 0 Å². The number of halogens is 5. The fourth-order valence-electron chi connectivity index (χ4n) is 0.984. The van der Waals surface area contributed by atoms with Gasteiger partial charge in [-0.05, 0) is 22.6 Å². The van der Waals surface area contributed by atoms with Crippen LogP contribution >= 0.6 is 22.6 Å². The second kappa shape index (κ2) is 4.93. The molecule has 0 aliphatic heterocycles. The molecular weight excluding hydrogens is 345 g/mol. The van der Waals surface area contributed by atoms with Crippen molar-refractivity contribution >= 4 is 28.9 Å². The van der Waals surface area contributed by atoms with Crippen LogP contribution in [0, 0.1) is 3.70 Å². The van der Waals surface area contributed by atoms with Crippen LogP contribution in [0.5, 0.6) is 5.75 Å². The molecule has 1 aromatic rings. The lowest BCUT2D eigenvalue weighted by molar-refractivity contribution is -0.275. The smallest absolute Gasteiger partial charge is 0.405 e. The van der Waals surface area contributed by atoms with Crippen LogP contribution in [0.1, 0.15) is 16.1 Å². The SMILES string of the molecule is O=Cc1nc(I)cc(OC(F)(F)F)c1CF. The normalized spacial score (nSPS) is 11.3. The Balaban J connectivity index is 3.25. The molecule has 16 heavy (non-hydrogen) atoms. The van der Waals surface area contributed by atoms with Gasteiger partial charge in [0.05, 0.1) is 5.56 Å². The summed E-state index contributed by atoms with van der Waals surface area (Å²) in [6.45, 7) is -1.26. The third kappa shape index (κ3) is 3.29. The minimum atomic E-state index is -4.94. The van der Waals surface area contributed by atoms with Gasteiger partial charge in [-0.25, -0.2) is 9.37 Å². The molecule has 0 atom stereocenters. The molecule has 88 valence electrons. The number of pyridine rings is 1. The van der Waals surface area contributed by atoms with Crippen LogP contribution in [0.4, 0.5) is 17.6 Å². The van der Waals surface area contributed by atoms with Gasteiger partial charge in [-0.2, -0.15) is 0 Å².